The van der Waals surface area contributed by atoms with Crippen LogP contribution in [0.4, 0.5) is 11.4 Å². The zero-order chi connectivity index (χ0) is 15.5. The Morgan fingerprint density at radius 2 is 1.73 bits per heavy atom. The molecule has 2 aromatic rings. The van der Waals surface area contributed by atoms with Gasteiger partial charge in [-0.05, 0) is 36.8 Å². The Hall–Kier alpha value is -2.33. The van der Waals surface area contributed by atoms with E-state index in [1.54, 1.807) is 0 Å². The zero-order valence-corrected chi connectivity index (χ0v) is 12.8. The van der Waals surface area contributed by atoms with Gasteiger partial charge < -0.3 is 15.5 Å². The van der Waals surface area contributed by atoms with Gasteiger partial charge in [-0.1, -0.05) is 24.3 Å². The summed E-state index contributed by atoms with van der Waals surface area (Å²) in [5, 5.41) is 0. The van der Waals surface area contributed by atoms with E-state index in [4.69, 9.17) is 5.73 Å². The van der Waals surface area contributed by atoms with Gasteiger partial charge in [0, 0.05) is 31.7 Å². The molecule has 0 unspecified atom stereocenters. The number of fused-ring (bicyclic) bond motifs is 1. The molecule has 4 heteroatoms. The second kappa shape index (κ2) is 6.20. The number of benzene rings is 2. The number of carbonyl (C=O) groups is 1. The lowest BCUT2D eigenvalue weighted by atomic mass is 10.1. The topological polar surface area (TPSA) is 49.6 Å². The molecule has 0 bridgehead atoms. The maximum absolute atomic E-state index is 12.8. The van der Waals surface area contributed by atoms with Gasteiger partial charge >= 0.3 is 0 Å². The third kappa shape index (κ3) is 2.57. The van der Waals surface area contributed by atoms with Gasteiger partial charge in [-0.25, -0.2) is 0 Å². The first kappa shape index (κ1) is 14.6. The van der Waals surface area contributed by atoms with Gasteiger partial charge in [0.15, 0.2) is 0 Å². The Labute approximate surface area is 131 Å². The number of amides is 1. The van der Waals surface area contributed by atoms with Crippen LogP contribution in [0.1, 0.15) is 22.8 Å². The lowest BCUT2D eigenvalue weighted by Crippen LogP contribution is -2.44. The van der Waals surface area contributed by atoms with Crippen molar-refractivity contribution in [3.05, 3.63) is 59.7 Å². The lowest BCUT2D eigenvalue weighted by Gasteiger charge is -2.37. The molecule has 2 aromatic carbocycles. The summed E-state index contributed by atoms with van der Waals surface area (Å²) < 4.78 is 0. The van der Waals surface area contributed by atoms with E-state index in [9.17, 15) is 4.79 Å². The average molecular weight is 295 g/mol. The van der Waals surface area contributed by atoms with E-state index in [0.29, 0.717) is 18.7 Å². The second-order valence-corrected chi connectivity index (χ2v) is 5.43. The summed E-state index contributed by atoms with van der Waals surface area (Å²) in [5.74, 6) is 0.0479. The fourth-order valence-corrected chi connectivity index (χ4v) is 2.90. The Morgan fingerprint density at radius 1 is 1.05 bits per heavy atom. The Kier molecular flexibility index (Phi) is 4.11. The molecular weight excluding hydrogens is 274 g/mol. The van der Waals surface area contributed by atoms with E-state index in [1.165, 1.54) is 0 Å². The first-order valence-electron chi connectivity index (χ1n) is 7.69. The third-order valence-electron chi connectivity index (χ3n) is 4.17. The van der Waals surface area contributed by atoms with E-state index in [2.05, 4.69) is 17.9 Å². The molecule has 0 aromatic heterocycles. The number of anilines is 2. The molecule has 114 valence electrons. The van der Waals surface area contributed by atoms with E-state index in [-0.39, 0.29) is 5.91 Å². The quantitative estimate of drug-likeness (QED) is 0.947. The first-order valence-corrected chi connectivity index (χ1v) is 7.69. The third-order valence-corrected chi connectivity index (χ3v) is 4.17. The summed E-state index contributed by atoms with van der Waals surface area (Å²) in [6, 6.07) is 15.7. The van der Waals surface area contributed by atoms with E-state index in [0.717, 1.165) is 30.0 Å². The van der Waals surface area contributed by atoms with Crippen molar-refractivity contribution < 1.29 is 4.79 Å². The second-order valence-electron chi connectivity index (χ2n) is 5.43. The minimum absolute atomic E-state index is 0.0479. The van der Waals surface area contributed by atoms with Crippen molar-refractivity contribution >= 4 is 17.3 Å². The van der Waals surface area contributed by atoms with E-state index >= 15 is 0 Å². The molecule has 22 heavy (non-hydrogen) atoms. The largest absolute Gasteiger partial charge is 0.368 e. The number of hydrogen-bond acceptors (Lipinski definition) is 3. The van der Waals surface area contributed by atoms with Gasteiger partial charge in [-0.2, -0.15) is 0 Å². The normalized spacial score (nSPS) is 13.9. The highest BCUT2D eigenvalue weighted by Gasteiger charge is 2.26. The highest BCUT2D eigenvalue weighted by molar-refractivity contribution is 6.08. The fraction of sp³-hybridized carbons (Fsp3) is 0.278. The smallest absolute Gasteiger partial charge is 0.258 e. The van der Waals surface area contributed by atoms with Crippen molar-refractivity contribution in [1.82, 2.24) is 0 Å². The molecule has 0 aliphatic carbocycles. The monoisotopic (exact) mass is 295 g/mol. The SMILES string of the molecule is CCN1CCN(C(=O)c2ccc(CN)cc2)c2ccccc21. The van der Waals surface area contributed by atoms with Crippen LogP contribution in [-0.2, 0) is 6.54 Å². The molecule has 1 amide bonds. The standard InChI is InChI=1S/C18H21N3O/c1-2-20-11-12-21(17-6-4-3-5-16(17)20)18(22)15-9-7-14(13-19)8-10-15/h3-10H,2,11-13,19H2,1H3. The van der Waals surface area contributed by atoms with Crippen LogP contribution in [0.3, 0.4) is 0 Å². The Balaban J connectivity index is 1.92. The van der Waals surface area contributed by atoms with Crippen molar-refractivity contribution in [2.45, 2.75) is 13.5 Å². The van der Waals surface area contributed by atoms with Gasteiger partial charge in [0.2, 0.25) is 0 Å². The Morgan fingerprint density at radius 3 is 2.36 bits per heavy atom. The molecule has 1 aliphatic rings. The van der Waals surface area contributed by atoms with Gasteiger partial charge in [-0.15, -0.1) is 0 Å². The van der Waals surface area contributed by atoms with E-state index in [1.807, 2.05) is 47.4 Å². The molecule has 4 nitrogen and oxygen atoms in total. The Bertz CT molecular complexity index is 666. The fourth-order valence-electron chi connectivity index (χ4n) is 2.90. The van der Waals surface area contributed by atoms with Crippen LogP contribution in [0.5, 0.6) is 0 Å². The van der Waals surface area contributed by atoms with Crippen LogP contribution < -0.4 is 15.5 Å². The number of nitrogens with two attached hydrogens (primary N) is 1. The van der Waals surface area contributed by atoms with Crippen LogP contribution in [0.2, 0.25) is 0 Å². The number of nitrogens with zero attached hydrogens (tertiary/aromatic N) is 2. The molecule has 2 N–H and O–H groups in total. The molecule has 0 spiro atoms. The van der Waals surface area contributed by atoms with Crippen molar-refractivity contribution in [2.75, 3.05) is 29.4 Å². The van der Waals surface area contributed by atoms with Crippen LogP contribution >= 0.6 is 0 Å². The summed E-state index contributed by atoms with van der Waals surface area (Å²) in [6.07, 6.45) is 0. The van der Waals surface area contributed by atoms with Crippen molar-refractivity contribution in [1.29, 1.82) is 0 Å². The predicted octanol–water partition coefficient (Wildman–Crippen LogP) is 2.63. The van der Waals surface area contributed by atoms with Crippen LogP contribution in [0.25, 0.3) is 0 Å². The van der Waals surface area contributed by atoms with Crippen molar-refractivity contribution in [3.8, 4) is 0 Å². The van der Waals surface area contributed by atoms with Crippen LogP contribution in [-0.4, -0.2) is 25.5 Å². The summed E-state index contributed by atoms with van der Waals surface area (Å²) in [4.78, 5) is 17.0. The molecule has 0 atom stereocenters. The molecule has 0 fully saturated rings. The highest BCUT2D eigenvalue weighted by atomic mass is 16.2. The van der Waals surface area contributed by atoms with Crippen LogP contribution in [0.15, 0.2) is 48.5 Å². The summed E-state index contributed by atoms with van der Waals surface area (Å²) in [7, 11) is 0. The highest BCUT2D eigenvalue weighted by Crippen LogP contribution is 2.33. The molecule has 0 saturated carbocycles. The van der Waals surface area contributed by atoms with Gasteiger partial charge in [0.25, 0.3) is 5.91 Å². The maximum Gasteiger partial charge on any atom is 0.258 e. The zero-order valence-electron chi connectivity index (χ0n) is 12.8. The van der Waals surface area contributed by atoms with Gasteiger partial charge in [-0.3, -0.25) is 4.79 Å². The molecule has 1 aliphatic heterocycles. The lowest BCUT2D eigenvalue weighted by molar-refractivity contribution is 0.0986. The molecular formula is C18H21N3O. The summed E-state index contributed by atoms with van der Waals surface area (Å²) in [6.45, 7) is 5.15. The number of para-hydroxylation sites is 2. The number of likely N-dealkylation sites (N-methyl/N-ethyl adjacent to an activating group) is 1. The average Bonchev–Trinajstić information content (AvgIpc) is 2.60. The van der Waals surface area contributed by atoms with Gasteiger partial charge in [0.05, 0.1) is 11.4 Å². The molecule has 0 radical (unpaired) electrons. The summed E-state index contributed by atoms with van der Waals surface area (Å²) >= 11 is 0. The maximum atomic E-state index is 12.8. The van der Waals surface area contributed by atoms with Crippen molar-refractivity contribution in [3.63, 3.8) is 0 Å². The molecule has 1 heterocycles. The number of hydrogen-bond donors (Lipinski definition) is 1. The minimum atomic E-state index is 0.0479. The minimum Gasteiger partial charge on any atom is -0.368 e. The predicted molar refractivity (Wildman–Crippen MR) is 90.3 cm³/mol. The number of rotatable bonds is 3. The van der Waals surface area contributed by atoms with Crippen LogP contribution in [0, 0.1) is 0 Å². The molecule has 0 saturated heterocycles. The van der Waals surface area contributed by atoms with Gasteiger partial charge in [0.1, 0.15) is 0 Å². The molecule has 3 rings (SSSR count). The van der Waals surface area contributed by atoms with E-state index < -0.39 is 0 Å². The number of carbonyl (C=O) groups excluding carboxylic acids is 1. The van der Waals surface area contributed by atoms with Crippen molar-refractivity contribution in [2.24, 2.45) is 5.73 Å². The first-order chi connectivity index (χ1) is 10.7. The summed E-state index contributed by atoms with van der Waals surface area (Å²) in [5.41, 5.74) is 9.47.